The van der Waals surface area contributed by atoms with E-state index in [1.807, 2.05) is 75.4 Å². The number of benzene rings is 2. The quantitative estimate of drug-likeness (QED) is 0.557. The van der Waals surface area contributed by atoms with Crippen molar-refractivity contribution in [2.75, 3.05) is 6.61 Å². The standard InChI is InChI=1S/C26H36N2O3/c1-6-20(5)27-26(30)24(7-2)28(17-21-11-9-8-10-12-21)25(29)18-31-23-15-13-22(14-16-23)19(3)4/h8-16,19-20,24H,6-7,17-18H2,1-5H3,(H,27,30)/t20-,24-/m0/s1. The molecule has 0 aliphatic rings. The largest absolute Gasteiger partial charge is 0.484 e. The van der Waals surface area contributed by atoms with Crippen molar-refractivity contribution in [3.05, 3.63) is 65.7 Å². The van der Waals surface area contributed by atoms with Gasteiger partial charge in [-0.05, 0) is 48.9 Å². The van der Waals surface area contributed by atoms with Crippen LogP contribution in [0.25, 0.3) is 0 Å². The third kappa shape index (κ3) is 7.42. The molecule has 2 aromatic rings. The summed E-state index contributed by atoms with van der Waals surface area (Å²) in [7, 11) is 0. The molecular formula is C26H36N2O3. The summed E-state index contributed by atoms with van der Waals surface area (Å²) in [6.45, 7) is 10.4. The third-order valence-electron chi connectivity index (χ3n) is 5.49. The predicted octanol–water partition coefficient (Wildman–Crippen LogP) is 4.91. The summed E-state index contributed by atoms with van der Waals surface area (Å²) in [6, 6.07) is 17.0. The second-order valence-electron chi connectivity index (χ2n) is 8.26. The van der Waals surface area contributed by atoms with Gasteiger partial charge in [0, 0.05) is 12.6 Å². The maximum atomic E-state index is 13.2. The van der Waals surface area contributed by atoms with Gasteiger partial charge in [0.1, 0.15) is 11.8 Å². The predicted molar refractivity (Wildman–Crippen MR) is 125 cm³/mol. The van der Waals surface area contributed by atoms with Crippen LogP contribution in [-0.2, 0) is 16.1 Å². The minimum Gasteiger partial charge on any atom is -0.484 e. The Labute approximate surface area is 186 Å². The summed E-state index contributed by atoms with van der Waals surface area (Å²) in [5.41, 5.74) is 2.20. The number of nitrogens with zero attached hydrogens (tertiary/aromatic N) is 1. The van der Waals surface area contributed by atoms with E-state index in [1.165, 1.54) is 5.56 Å². The number of nitrogens with one attached hydrogen (secondary N) is 1. The van der Waals surface area contributed by atoms with Crippen molar-refractivity contribution >= 4 is 11.8 Å². The summed E-state index contributed by atoms with van der Waals surface area (Å²) in [4.78, 5) is 27.7. The van der Waals surface area contributed by atoms with Crippen LogP contribution in [0.15, 0.2) is 54.6 Å². The van der Waals surface area contributed by atoms with Gasteiger partial charge in [-0.2, -0.15) is 0 Å². The Balaban J connectivity index is 2.15. The molecule has 0 radical (unpaired) electrons. The number of carbonyl (C=O) groups excluding carboxylic acids is 2. The molecule has 0 saturated heterocycles. The summed E-state index contributed by atoms with van der Waals surface area (Å²) < 4.78 is 5.77. The number of carbonyl (C=O) groups is 2. The molecule has 0 fully saturated rings. The van der Waals surface area contributed by atoms with Gasteiger partial charge < -0.3 is 15.0 Å². The summed E-state index contributed by atoms with van der Waals surface area (Å²) >= 11 is 0. The average molecular weight is 425 g/mol. The Hall–Kier alpha value is -2.82. The highest BCUT2D eigenvalue weighted by molar-refractivity contribution is 5.88. The molecule has 2 aromatic carbocycles. The molecule has 2 amide bonds. The zero-order valence-electron chi connectivity index (χ0n) is 19.4. The molecule has 2 atom stereocenters. The zero-order chi connectivity index (χ0) is 22.8. The van der Waals surface area contributed by atoms with Crippen molar-refractivity contribution in [2.45, 2.75) is 72.0 Å². The van der Waals surface area contributed by atoms with Gasteiger partial charge in [0.2, 0.25) is 5.91 Å². The second kappa shape index (κ2) is 12.1. The Morgan fingerprint density at radius 1 is 0.935 bits per heavy atom. The summed E-state index contributed by atoms with van der Waals surface area (Å²) in [5.74, 6) is 0.756. The monoisotopic (exact) mass is 424 g/mol. The molecule has 0 spiro atoms. The van der Waals surface area contributed by atoms with E-state index >= 15 is 0 Å². The summed E-state index contributed by atoms with van der Waals surface area (Å²) in [5, 5.41) is 3.02. The van der Waals surface area contributed by atoms with Crippen LogP contribution in [0.4, 0.5) is 0 Å². The Morgan fingerprint density at radius 2 is 1.58 bits per heavy atom. The van der Waals surface area contributed by atoms with E-state index in [-0.39, 0.29) is 24.5 Å². The van der Waals surface area contributed by atoms with Crippen LogP contribution in [0.5, 0.6) is 5.75 Å². The molecule has 31 heavy (non-hydrogen) atoms. The van der Waals surface area contributed by atoms with E-state index in [0.29, 0.717) is 24.6 Å². The Kier molecular flexibility index (Phi) is 9.57. The van der Waals surface area contributed by atoms with Crippen molar-refractivity contribution in [1.29, 1.82) is 0 Å². The minimum absolute atomic E-state index is 0.0611. The number of hydrogen-bond donors (Lipinski definition) is 1. The molecular weight excluding hydrogens is 388 g/mol. The molecule has 0 bridgehead atoms. The number of amides is 2. The lowest BCUT2D eigenvalue weighted by molar-refractivity contribution is -0.143. The van der Waals surface area contributed by atoms with Crippen molar-refractivity contribution in [3.63, 3.8) is 0 Å². The lowest BCUT2D eigenvalue weighted by Crippen LogP contribution is -2.51. The fourth-order valence-corrected chi connectivity index (χ4v) is 3.32. The lowest BCUT2D eigenvalue weighted by Gasteiger charge is -2.31. The van der Waals surface area contributed by atoms with E-state index < -0.39 is 6.04 Å². The molecule has 0 unspecified atom stereocenters. The van der Waals surface area contributed by atoms with Crippen LogP contribution in [0.3, 0.4) is 0 Å². The van der Waals surface area contributed by atoms with Crippen LogP contribution >= 0.6 is 0 Å². The highest BCUT2D eigenvalue weighted by Crippen LogP contribution is 2.19. The fraction of sp³-hybridized carbons (Fsp3) is 0.462. The SMILES string of the molecule is CC[C@H](C)NC(=O)[C@H](CC)N(Cc1ccccc1)C(=O)COc1ccc(C(C)C)cc1. The highest BCUT2D eigenvalue weighted by atomic mass is 16.5. The average Bonchev–Trinajstić information content (AvgIpc) is 2.78. The topological polar surface area (TPSA) is 58.6 Å². The lowest BCUT2D eigenvalue weighted by atomic mass is 10.0. The first-order valence-corrected chi connectivity index (χ1v) is 11.2. The van der Waals surface area contributed by atoms with E-state index in [0.717, 1.165) is 12.0 Å². The van der Waals surface area contributed by atoms with Crippen molar-refractivity contribution in [2.24, 2.45) is 0 Å². The van der Waals surface area contributed by atoms with Gasteiger partial charge in [0.05, 0.1) is 0 Å². The van der Waals surface area contributed by atoms with Gasteiger partial charge in [-0.1, -0.05) is 70.2 Å². The first kappa shape index (κ1) is 24.4. The third-order valence-corrected chi connectivity index (χ3v) is 5.49. The molecule has 2 rings (SSSR count). The summed E-state index contributed by atoms with van der Waals surface area (Å²) in [6.07, 6.45) is 1.37. The molecule has 5 heteroatoms. The van der Waals surface area contributed by atoms with Crippen molar-refractivity contribution in [1.82, 2.24) is 10.2 Å². The van der Waals surface area contributed by atoms with Crippen molar-refractivity contribution in [3.8, 4) is 5.75 Å². The van der Waals surface area contributed by atoms with Gasteiger partial charge in [-0.25, -0.2) is 0 Å². The molecule has 0 aliphatic carbocycles. The Morgan fingerprint density at radius 3 is 2.13 bits per heavy atom. The first-order valence-electron chi connectivity index (χ1n) is 11.2. The Bertz CT molecular complexity index is 818. The van der Waals surface area contributed by atoms with Crippen LogP contribution in [-0.4, -0.2) is 35.4 Å². The van der Waals surface area contributed by atoms with Crippen LogP contribution < -0.4 is 10.1 Å². The van der Waals surface area contributed by atoms with Crippen LogP contribution in [0, 0.1) is 0 Å². The molecule has 0 aliphatic heterocycles. The number of rotatable bonds is 11. The zero-order valence-corrected chi connectivity index (χ0v) is 19.4. The molecule has 0 saturated carbocycles. The number of ether oxygens (including phenoxy) is 1. The fourth-order valence-electron chi connectivity index (χ4n) is 3.32. The maximum absolute atomic E-state index is 13.2. The van der Waals surface area contributed by atoms with E-state index in [4.69, 9.17) is 4.74 Å². The first-order chi connectivity index (χ1) is 14.8. The smallest absolute Gasteiger partial charge is 0.261 e. The highest BCUT2D eigenvalue weighted by Gasteiger charge is 2.29. The molecule has 0 heterocycles. The number of hydrogen-bond acceptors (Lipinski definition) is 3. The van der Waals surface area contributed by atoms with Gasteiger partial charge in [-0.15, -0.1) is 0 Å². The normalized spacial score (nSPS) is 12.8. The second-order valence-corrected chi connectivity index (χ2v) is 8.26. The van der Waals surface area contributed by atoms with Crippen LogP contribution in [0.2, 0.25) is 0 Å². The van der Waals surface area contributed by atoms with E-state index in [2.05, 4.69) is 19.2 Å². The van der Waals surface area contributed by atoms with Gasteiger partial charge in [-0.3, -0.25) is 9.59 Å². The minimum atomic E-state index is -0.548. The molecule has 5 nitrogen and oxygen atoms in total. The van der Waals surface area contributed by atoms with Crippen molar-refractivity contribution < 1.29 is 14.3 Å². The maximum Gasteiger partial charge on any atom is 0.261 e. The van der Waals surface area contributed by atoms with Gasteiger partial charge >= 0.3 is 0 Å². The van der Waals surface area contributed by atoms with Gasteiger partial charge in [0.15, 0.2) is 6.61 Å². The van der Waals surface area contributed by atoms with E-state index in [1.54, 1.807) is 4.90 Å². The van der Waals surface area contributed by atoms with E-state index in [9.17, 15) is 9.59 Å². The van der Waals surface area contributed by atoms with Gasteiger partial charge in [0.25, 0.3) is 5.91 Å². The molecule has 168 valence electrons. The molecule has 0 aromatic heterocycles. The molecule has 1 N–H and O–H groups in total. The van der Waals surface area contributed by atoms with Crippen LogP contribution in [0.1, 0.15) is 64.5 Å².